The minimum absolute atomic E-state index is 0.245. The zero-order valence-electron chi connectivity index (χ0n) is 10.5. The van der Waals surface area contributed by atoms with Gasteiger partial charge >= 0.3 is 0 Å². The Morgan fingerprint density at radius 1 is 1.40 bits per heavy atom. The van der Waals surface area contributed by atoms with Crippen LogP contribution >= 0.6 is 0 Å². The van der Waals surface area contributed by atoms with Crippen molar-refractivity contribution in [1.29, 1.82) is 0 Å². The summed E-state index contributed by atoms with van der Waals surface area (Å²) in [5, 5.41) is 1.65. The van der Waals surface area contributed by atoms with Crippen molar-refractivity contribution in [2.75, 3.05) is 0 Å². The summed E-state index contributed by atoms with van der Waals surface area (Å²) in [5.41, 5.74) is 3.01. The van der Waals surface area contributed by atoms with Crippen LogP contribution in [-0.4, -0.2) is 11.1 Å². The van der Waals surface area contributed by atoms with Crippen molar-refractivity contribution < 1.29 is 0 Å². The molecule has 2 heteroatoms. The van der Waals surface area contributed by atoms with Crippen molar-refractivity contribution in [3.8, 4) is 0 Å². The van der Waals surface area contributed by atoms with E-state index in [9.17, 15) is 0 Å². The Morgan fingerprint density at radius 2 is 1.93 bits per heavy atom. The van der Waals surface area contributed by atoms with Crippen molar-refractivity contribution in [1.82, 2.24) is 5.01 Å². The molecule has 0 atom stereocenters. The lowest BCUT2D eigenvalue weighted by Crippen LogP contribution is -2.36. The molecule has 0 fully saturated rings. The smallest absolute Gasteiger partial charge is 0.0514 e. The quantitative estimate of drug-likeness (QED) is 0.412. The van der Waals surface area contributed by atoms with Crippen molar-refractivity contribution in [2.24, 2.45) is 5.84 Å². The van der Waals surface area contributed by atoms with Gasteiger partial charge in [0.1, 0.15) is 0 Å². The number of hydrogen-bond acceptors (Lipinski definition) is 2. The molecule has 0 saturated heterocycles. The molecule has 0 aromatic carbocycles. The summed E-state index contributed by atoms with van der Waals surface area (Å²) in [6.07, 6.45) is 4.31. The van der Waals surface area contributed by atoms with E-state index in [4.69, 9.17) is 5.84 Å². The van der Waals surface area contributed by atoms with E-state index in [1.807, 2.05) is 13.8 Å². The summed E-state index contributed by atoms with van der Waals surface area (Å²) >= 11 is 0. The van der Waals surface area contributed by atoms with E-state index in [2.05, 4.69) is 33.1 Å². The summed E-state index contributed by atoms with van der Waals surface area (Å²) in [6, 6.07) is 0.245. The molecule has 0 heterocycles. The summed E-state index contributed by atoms with van der Waals surface area (Å²) in [6.45, 7) is 16.3. The van der Waals surface area contributed by atoms with Crippen molar-refractivity contribution in [2.45, 2.75) is 46.6 Å². The number of hydrogen-bond donors (Lipinski definition) is 1. The number of rotatable bonds is 6. The van der Waals surface area contributed by atoms with Gasteiger partial charge in [-0.1, -0.05) is 38.2 Å². The maximum absolute atomic E-state index is 5.85. The SMILES string of the molecule is C=C(C=C(C)CCC)C(=C)N(N)C(C)C. The van der Waals surface area contributed by atoms with Crippen LogP contribution in [0, 0.1) is 0 Å². The first-order chi connectivity index (χ1) is 6.90. The molecule has 0 spiro atoms. The first-order valence-electron chi connectivity index (χ1n) is 5.49. The average Bonchev–Trinajstić information content (AvgIpc) is 2.15. The van der Waals surface area contributed by atoms with E-state index in [1.165, 1.54) is 5.57 Å². The van der Waals surface area contributed by atoms with Gasteiger partial charge in [0, 0.05) is 6.04 Å². The minimum Gasteiger partial charge on any atom is -0.309 e. The van der Waals surface area contributed by atoms with Crippen LogP contribution < -0.4 is 5.84 Å². The molecule has 2 nitrogen and oxygen atoms in total. The van der Waals surface area contributed by atoms with E-state index in [0.717, 1.165) is 24.1 Å². The third-order valence-corrected chi connectivity index (χ3v) is 2.30. The molecule has 0 aliphatic rings. The predicted molar refractivity (Wildman–Crippen MR) is 68.1 cm³/mol. The minimum atomic E-state index is 0.245. The Balaban J connectivity index is 4.46. The standard InChI is InChI=1S/C13H24N2/c1-7-8-11(4)9-12(5)13(6)15(14)10(2)3/h9-10H,5-8,14H2,1-4H3. The maximum atomic E-state index is 5.85. The fourth-order valence-electron chi connectivity index (χ4n) is 1.32. The molecule has 0 saturated carbocycles. The number of nitrogens with two attached hydrogens (primary N) is 1. The monoisotopic (exact) mass is 208 g/mol. The molecular weight excluding hydrogens is 184 g/mol. The maximum Gasteiger partial charge on any atom is 0.0514 e. The zero-order valence-corrected chi connectivity index (χ0v) is 10.5. The molecule has 0 aromatic rings. The van der Waals surface area contributed by atoms with Crippen molar-refractivity contribution >= 4 is 0 Å². The van der Waals surface area contributed by atoms with Gasteiger partial charge in [0.2, 0.25) is 0 Å². The van der Waals surface area contributed by atoms with Gasteiger partial charge in [-0.25, -0.2) is 5.84 Å². The number of hydrazine groups is 1. The molecule has 0 amide bonds. The predicted octanol–water partition coefficient (Wildman–Crippen LogP) is 3.39. The van der Waals surface area contributed by atoms with Crippen LogP contribution in [0.2, 0.25) is 0 Å². The highest BCUT2D eigenvalue weighted by atomic mass is 15.4. The molecule has 86 valence electrons. The van der Waals surface area contributed by atoms with Gasteiger partial charge in [-0.05, 0) is 32.8 Å². The third kappa shape index (κ3) is 4.84. The van der Waals surface area contributed by atoms with Crippen molar-refractivity contribution in [3.05, 3.63) is 36.1 Å². The van der Waals surface area contributed by atoms with Crippen LogP contribution in [-0.2, 0) is 0 Å². The second kappa shape index (κ2) is 6.46. The van der Waals surface area contributed by atoms with E-state index >= 15 is 0 Å². The van der Waals surface area contributed by atoms with Gasteiger partial charge < -0.3 is 5.01 Å². The Kier molecular flexibility index (Phi) is 6.02. The largest absolute Gasteiger partial charge is 0.309 e. The lowest BCUT2D eigenvalue weighted by molar-refractivity contribution is 0.302. The van der Waals surface area contributed by atoms with Gasteiger partial charge in [0.25, 0.3) is 0 Å². The van der Waals surface area contributed by atoms with Crippen LogP contribution in [0.3, 0.4) is 0 Å². The van der Waals surface area contributed by atoms with Gasteiger partial charge in [0.05, 0.1) is 5.70 Å². The molecule has 0 bridgehead atoms. The Morgan fingerprint density at radius 3 is 2.33 bits per heavy atom. The average molecular weight is 208 g/mol. The summed E-state index contributed by atoms with van der Waals surface area (Å²) < 4.78 is 0. The highest BCUT2D eigenvalue weighted by Crippen LogP contribution is 2.15. The van der Waals surface area contributed by atoms with Crippen LogP contribution in [0.4, 0.5) is 0 Å². The van der Waals surface area contributed by atoms with Crippen LogP contribution in [0.25, 0.3) is 0 Å². The Bertz CT molecular complexity index is 262. The summed E-state index contributed by atoms with van der Waals surface area (Å²) in [7, 11) is 0. The van der Waals surface area contributed by atoms with Gasteiger partial charge in [-0.15, -0.1) is 0 Å². The molecule has 15 heavy (non-hydrogen) atoms. The molecule has 0 rings (SSSR count). The second-order valence-electron chi connectivity index (χ2n) is 4.21. The molecule has 0 radical (unpaired) electrons. The highest BCUT2D eigenvalue weighted by Gasteiger charge is 2.08. The van der Waals surface area contributed by atoms with Gasteiger partial charge in [0.15, 0.2) is 0 Å². The Labute approximate surface area is 94.1 Å². The lowest BCUT2D eigenvalue weighted by Gasteiger charge is -2.25. The van der Waals surface area contributed by atoms with E-state index in [1.54, 1.807) is 5.01 Å². The van der Waals surface area contributed by atoms with E-state index < -0.39 is 0 Å². The van der Waals surface area contributed by atoms with Crippen LogP contribution in [0.15, 0.2) is 36.1 Å². The summed E-state index contributed by atoms with van der Waals surface area (Å²) in [5.74, 6) is 5.85. The lowest BCUT2D eigenvalue weighted by atomic mass is 10.1. The molecule has 0 aliphatic heterocycles. The topological polar surface area (TPSA) is 29.3 Å². The third-order valence-electron chi connectivity index (χ3n) is 2.30. The molecule has 0 aliphatic carbocycles. The summed E-state index contributed by atoms with van der Waals surface area (Å²) in [4.78, 5) is 0. The highest BCUT2D eigenvalue weighted by molar-refractivity contribution is 5.36. The normalized spacial score (nSPS) is 11.7. The van der Waals surface area contributed by atoms with Crippen LogP contribution in [0.1, 0.15) is 40.5 Å². The molecule has 2 N–H and O–H groups in total. The fourth-order valence-corrected chi connectivity index (χ4v) is 1.32. The first-order valence-corrected chi connectivity index (χ1v) is 5.49. The van der Waals surface area contributed by atoms with Gasteiger partial charge in [-0.2, -0.15) is 0 Å². The second-order valence-corrected chi connectivity index (χ2v) is 4.21. The fraction of sp³-hybridized carbons (Fsp3) is 0.538. The Hall–Kier alpha value is -1.02. The number of nitrogens with zero attached hydrogens (tertiary/aromatic N) is 1. The van der Waals surface area contributed by atoms with E-state index in [-0.39, 0.29) is 6.04 Å². The zero-order chi connectivity index (χ0) is 12.0. The molecule has 0 unspecified atom stereocenters. The van der Waals surface area contributed by atoms with Crippen molar-refractivity contribution in [3.63, 3.8) is 0 Å². The molecular formula is C13H24N2. The van der Waals surface area contributed by atoms with Gasteiger partial charge in [-0.3, -0.25) is 0 Å². The number of allylic oxidation sites excluding steroid dienone is 2. The van der Waals surface area contributed by atoms with Crippen LogP contribution in [0.5, 0.6) is 0 Å². The first kappa shape index (κ1) is 14.0. The van der Waals surface area contributed by atoms with E-state index in [0.29, 0.717) is 0 Å². The molecule has 0 aromatic heterocycles.